The van der Waals surface area contributed by atoms with E-state index in [-0.39, 0.29) is 8.17 Å². The van der Waals surface area contributed by atoms with Gasteiger partial charge in [-0.15, -0.1) is 4.09 Å². The van der Waals surface area contributed by atoms with Gasteiger partial charge in [-0.2, -0.15) is 66.1 Å². The van der Waals surface area contributed by atoms with E-state index in [9.17, 15) is 43.2 Å². The Kier molecular flexibility index (Phi) is 7.82. The van der Waals surface area contributed by atoms with E-state index in [0.29, 0.717) is 16.4 Å². The van der Waals surface area contributed by atoms with E-state index in [1.807, 2.05) is 0 Å². The second kappa shape index (κ2) is 8.93. The molecular weight excluding hydrogens is 506 g/mol. The molecule has 0 saturated carbocycles. The van der Waals surface area contributed by atoms with Crippen molar-refractivity contribution in [1.29, 1.82) is 0 Å². The number of halogens is 7. The fourth-order valence-electron chi connectivity index (χ4n) is 1.55. The number of alkyl halides is 6. The van der Waals surface area contributed by atoms with Crippen molar-refractivity contribution in [1.82, 2.24) is 27.0 Å². The van der Waals surface area contributed by atoms with Gasteiger partial charge < -0.3 is 0 Å². The molecule has 0 aliphatic rings. The van der Waals surface area contributed by atoms with E-state index < -0.39 is 49.3 Å². The lowest BCUT2D eigenvalue weighted by molar-refractivity contribution is -0.142. The van der Waals surface area contributed by atoms with Crippen molar-refractivity contribution in [3.63, 3.8) is 0 Å². The first-order chi connectivity index (χ1) is 13.7. The molecule has 0 bridgehead atoms. The molecule has 178 valence electrons. The van der Waals surface area contributed by atoms with Gasteiger partial charge >= 0.3 is 32.8 Å². The summed E-state index contributed by atoms with van der Waals surface area (Å²) < 4.78 is 120. The van der Waals surface area contributed by atoms with Gasteiger partial charge in [-0.3, -0.25) is 0 Å². The van der Waals surface area contributed by atoms with Crippen LogP contribution in [0.5, 0.6) is 0 Å². The average molecular weight is 521 g/mol. The van der Waals surface area contributed by atoms with E-state index in [0.717, 1.165) is 24.6 Å². The Morgan fingerprint density at radius 3 is 1.61 bits per heavy atom. The first kappa shape index (κ1) is 27.1. The molecule has 0 amide bonds. The van der Waals surface area contributed by atoms with Crippen LogP contribution in [-0.4, -0.2) is 72.0 Å². The van der Waals surface area contributed by atoms with Crippen LogP contribution in [0.3, 0.4) is 0 Å². The van der Waals surface area contributed by atoms with E-state index >= 15 is 0 Å². The summed E-state index contributed by atoms with van der Waals surface area (Å²) in [5.74, 6) is 0. The van der Waals surface area contributed by atoms with E-state index in [4.69, 9.17) is 11.6 Å². The zero-order valence-corrected chi connectivity index (χ0v) is 18.4. The van der Waals surface area contributed by atoms with Crippen LogP contribution in [0.15, 0.2) is 18.3 Å². The molecule has 10 nitrogen and oxygen atoms in total. The van der Waals surface area contributed by atoms with Crippen molar-refractivity contribution in [3.8, 4) is 0 Å². The van der Waals surface area contributed by atoms with Crippen LogP contribution < -0.4 is 0 Å². The summed E-state index contributed by atoms with van der Waals surface area (Å²) in [6.45, 7) is 0. The van der Waals surface area contributed by atoms with Crippen LogP contribution in [0.2, 0.25) is 5.15 Å². The van der Waals surface area contributed by atoms with Gasteiger partial charge in [-0.05, 0) is 6.07 Å². The minimum atomic E-state index is -4.74. The zero-order valence-electron chi connectivity index (χ0n) is 16.0. The van der Waals surface area contributed by atoms with E-state index in [1.165, 1.54) is 14.1 Å². The Morgan fingerprint density at radius 2 is 1.29 bits per heavy atom. The fourth-order valence-corrected chi connectivity index (χ4v) is 3.47. The van der Waals surface area contributed by atoms with Crippen LogP contribution in [0, 0.1) is 0 Å². The topological polar surface area (TPSA) is 110 Å². The van der Waals surface area contributed by atoms with Gasteiger partial charge in [0.05, 0.1) is 0 Å². The summed E-state index contributed by atoms with van der Waals surface area (Å²) in [6, 6.07) is 1.05. The summed E-state index contributed by atoms with van der Waals surface area (Å²) in [5.41, 5.74) is -2.60. The third-order valence-electron chi connectivity index (χ3n) is 3.16. The number of rotatable bonds is 4. The van der Waals surface area contributed by atoms with Crippen LogP contribution in [-0.2, 0) is 32.8 Å². The standard InChI is InChI=1S/C6H7ClF3N3O2S.C6H8F3N3O2S/c1-12(2)16(14,15)13-5(7)3-4(11-13)6(8,9)10;1-11(2)15(13,14)12-4-3-5(10-12)6(7,8)9/h3H,1-2H3;3-4H,1-2H3. The SMILES string of the molecule is CN(C)S(=O)(=O)n1ccc(C(F)(F)F)n1.CN(C)S(=O)(=O)n1nc(C(F)(F)F)cc1Cl. The molecule has 0 saturated heterocycles. The molecule has 2 heterocycles. The number of hydrogen-bond acceptors (Lipinski definition) is 6. The minimum absolute atomic E-state index is 0.122. The van der Waals surface area contributed by atoms with Crippen LogP contribution in [0.25, 0.3) is 0 Å². The summed E-state index contributed by atoms with van der Waals surface area (Å²) in [7, 11) is -3.41. The monoisotopic (exact) mass is 520 g/mol. The predicted octanol–water partition coefficient (Wildman–Crippen LogP) is 1.77. The third-order valence-corrected chi connectivity index (χ3v) is 6.77. The van der Waals surface area contributed by atoms with Gasteiger partial charge in [-0.25, -0.2) is 0 Å². The van der Waals surface area contributed by atoms with Crippen molar-refractivity contribution in [2.45, 2.75) is 12.4 Å². The van der Waals surface area contributed by atoms with Gasteiger partial charge in [-0.1, -0.05) is 11.6 Å². The normalized spacial score (nSPS) is 13.5. The summed E-state index contributed by atoms with van der Waals surface area (Å²) in [5, 5.41) is 5.22. The van der Waals surface area contributed by atoms with Crippen molar-refractivity contribution in [3.05, 3.63) is 34.9 Å². The van der Waals surface area contributed by atoms with Gasteiger partial charge in [0.15, 0.2) is 11.4 Å². The lowest BCUT2D eigenvalue weighted by Crippen LogP contribution is -2.30. The molecule has 2 aromatic rings. The number of hydrogen-bond donors (Lipinski definition) is 0. The second-order valence-corrected chi connectivity index (χ2v) is 10.2. The molecule has 2 aromatic heterocycles. The highest BCUT2D eigenvalue weighted by Gasteiger charge is 2.37. The maximum absolute atomic E-state index is 12.2. The molecule has 0 atom stereocenters. The first-order valence-corrected chi connectivity index (χ1v) is 10.7. The van der Waals surface area contributed by atoms with Crippen molar-refractivity contribution in [2.75, 3.05) is 28.2 Å². The van der Waals surface area contributed by atoms with E-state index in [2.05, 4.69) is 10.2 Å². The van der Waals surface area contributed by atoms with Crippen molar-refractivity contribution in [2.24, 2.45) is 0 Å². The number of nitrogens with zero attached hydrogens (tertiary/aromatic N) is 6. The average Bonchev–Trinajstić information content (AvgIpc) is 3.21. The van der Waals surface area contributed by atoms with Crippen LogP contribution in [0.1, 0.15) is 11.4 Å². The largest absolute Gasteiger partial charge is 0.435 e. The molecule has 0 unspecified atom stereocenters. The molecule has 0 aliphatic heterocycles. The summed E-state index contributed by atoms with van der Waals surface area (Å²) in [4.78, 5) is 0. The predicted molar refractivity (Wildman–Crippen MR) is 95.5 cm³/mol. The Bertz CT molecular complexity index is 1120. The lowest BCUT2D eigenvalue weighted by atomic mass is 10.4. The maximum atomic E-state index is 12.2. The highest BCUT2D eigenvalue weighted by molar-refractivity contribution is 7.87. The van der Waals surface area contributed by atoms with Gasteiger partial charge in [0.2, 0.25) is 0 Å². The van der Waals surface area contributed by atoms with Crippen LogP contribution in [0.4, 0.5) is 26.3 Å². The molecular formula is C12H15ClF6N6O4S2. The molecule has 0 fully saturated rings. The van der Waals surface area contributed by atoms with Gasteiger partial charge in [0, 0.05) is 40.5 Å². The lowest BCUT2D eigenvalue weighted by Gasteiger charge is -2.11. The minimum Gasteiger partial charge on any atom is -0.189 e. The first-order valence-electron chi connectivity index (χ1n) is 7.54. The molecule has 0 radical (unpaired) electrons. The van der Waals surface area contributed by atoms with Gasteiger partial charge in [0.25, 0.3) is 0 Å². The Hall–Kier alpha value is -1.89. The molecule has 19 heteroatoms. The Balaban J connectivity index is 0.000000311. The Labute approximate surface area is 178 Å². The highest BCUT2D eigenvalue weighted by atomic mass is 35.5. The van der Waals surface area contributed by atoms with Crippen LogP contribution >= 0.6 is 11.6 Å². The third kappa shape index (κ3) is 6.31. The molecule has 0 spiro atoms. The molecule has 0 N–H and O–H groups in total. The summed E-state index contributed by atoms with van der Waals surface area (Å²) in [6.07, 6.45) is -8.64. The Morgan fingerprint density at radius 1 is 0.839 bits per heavy atom. The van der Waals surface area contributed by atoms with Gasteiger partial charge in [0.1, 0.15) is 5.15 Å². The van der Waals surface area contributed by atoms with Crippen molar-refractivity contribution < 1.29 is 43.2 Å². The second-order valence-electron chi connectivity index (χ2n) is 5.84. The zero-order chi connectivity index (χ0) is 24.6. The molecule has 31 heavy (non-hydrogen) atoms. The summed E-state index contributed by atoms with van der Waals surface area (Å²) >= 11 is 5.37. The van der Waals surface area contributed by atoms with E-state index in [1.54, 1.807) is 0 Å². The molecule has 2 rings (SSSR count). The maximum Gasteiger partial charge on any atom is 0.435 e. The fraction of sp³-hybridized carbons (Fsp3) is 0.500. The molecule has 0 aromatic carbocycles. The molecule has 0 aliphatic carbocycles. The van der Waals surface area contributed by atoms with Crippen molar-refractivity contribution >= 4 is 32.0 Å². The highest BCUT2D eigenvalue weighted by Crippen LogP contribution is 2.30. The quantitative estimate of drug-likeness (QED) is 0.568. The smallest absolute Gasteiger partial charge is 0.189 e. The number of aromatic nitrogens is 4.